The number of nitrogens with one attached hydrogen (secondary N) is 2. The lowest BCUT2D eigenvalue weighted by molar-refractivity contribution is -0.139. The molecule has 0 saturated carbocycles. The molecule has 3 rings (SSSR count). The molecule has 0 aliphatic rings. The maximum Gasteiger partial charge on any atom is 0.321 e. The van der Waals surface area contributed by atoms with Crippen LogP contribution in [0, 0.1) is 0 Å². The number of rotatable bonds is 9. The number of hydrogen-bond acceptors (Lipinski definition) is 4. The normalized spacial score (nSPS) is 13.4. The number of carboxylic acid groups (broad SMARTS) is 1. The molecular weight excluding hydrogens is 344 g/mol. The van der Waals surface area contributed by atoms with Gasteiger partial charge < -0.3 is 25.3 Å². The van der Waals surface area contributed by atoms with E-state index in [9.17, 15) is 15.0 Å². The summed E-state index contributed by atoms with van der Waals surface area (Å²) < 4.78 is 5.11. The van der Waals surface area contributed by atoms with E-state index >= 15 is 0 Å². The summed E-state index contributed by atoms with van der Waals surface area (Å²) in [6.45, 7) is 0.395. The largest absolute Gasteiger partial charge is 0.497 e. The molecule has 1 heterocycles. The highest BCUT2D eigenvalue weighted by atomic mass is 16.5. The number of H-pyrrole nitrogens is 1. The predicted molar refractivity (Wildman–Crippen MR) is 104 cm³/mol. The molecule has 2 aromatic carbocycles. The number of benzene rings is 2. The third-order valence-electron chi connectivity index (χ3n) is 4.71. The highest BCUT2D eigenvalue weighted by Gasteiger charge is 2.19. The van der Waals surface area contributed by atoms with Crippen LogP contribution in [0.4, 0.5) is 0 Å². The predicted octanol–water partition coefficient (Wildman–Crippen LogP) is 2.89. The number of fused-ring (bicyclic) bond motifs is 1. The maximum absolute atomic E-state index is 11.6. The molecule has 0 aliphatic heterocycles. The minimum absolute atomic E-state index is 0.373. The Morgan fingerprint density at radius 3 is 2.63 bits per heavy atom. The van der Waals surface area contributed by atoms with Crippen LogP contribution in [0.2, 0.25) is 0 Å². The van der Waals surface area contributed by atoms with Gasteiger partial charge in [-0.3, -0.25) is 4.79 Å². The van der Waals surface area contributed by atoms with Crippen LogP contribution < -0.4 is 10.1 Å². The molecule has 142 valence electrons. The zero-order valence-corrected chi connectivity index (χ0v) is 15.2. The Balaban J connectivity index is 1.57. The van der Waals surface area contributed by atoms with E-state index in [1.807, 2.05) is 42.6 Å². The first-order valence-corrected chi connectivity index (χ1v) is 8.91. The molecule has 3 aromatic rings. The van der Waals surface area contributed by atoms with Gasteiger partial charge in [0.1, 0.15) is 11.8 Å². The van der Waals surface area contributed by atoms with Crippen molar-refractivity contribution in [3.63, 3.8) is 0 Å². The van der Waals surface area contributed by atoms with Gasteiger partial charge in [0, 0.05) is 23.5 Å². The molecule has 2 atom stereocenters. The molecule has 27 heavy (non-hydrogen) atoms. The highest BCUT2D eigenvalue weighted by Crippen LogP contribution is 2.21. The third kappa shape index (κ3) is 4.67. The molecular formula is C21H24N2O4. The van der Waals surface area contributed by atoms with E-state index in [1.165, 1.54) is 0 Å². The fourth-order valence-electron chi connectivity index (χ4n) is 3.15. The van der Waals surface area contributed by atoms with E-state index in [1.54, 1.807) is 19.2 Å². The van der Waals surface area contributed by atoms with Crippen LogP contribution >= 0.6 is 0 Å². The van der Waals surface area contributed by atoms with E-state index in [0.717, 1.165) is 27.8 Å². The number of carbonyl (C=O) groups is 1. The number of para-hydroxylation sites is 1. The van der Waals surface area contributed by atoms with Crippen LogP contribution in [-0.4, -0.2) is 40.9 Å². The summed E-state index contributed by atoms with van der Waals surface area (Å²) in [6.07, 6.45) is 1.99. The number of carboxylic acids is 1. The number of aliphatic carboxylic acids is 1. The fraction of sp³-hybridized carbons (Fsp3) is 0.286. The molecule has 6 heteroatoms. The number of aromatic amines is 1. The van der Waals surface area contributed by atoms with Crippen molar-refractivity contribution in [2.24, 2.45) is 0 Å². The molecule has 0 spiro atoms. The lowest BCUT2D eigenvalue weighted by Gasteiger charge is -2.16. The first-order valence-electron chi connectivity index (χ1n) is 8.91. The molecule has 2 unspecified atom stereocenters. The van der Waals surface area contributed by atoms with Gasteiger partial charge in [0.2, 0.25) is 0 Å². The summed E-state index contributed by atoms with van der Waals surface area (Å²) in [4.78, 5) is 14.8. The van der Waals surface area contributed by atoms with Crippen LogP contribution in [0.15, 0.2) is 54.7 Å². The monoisotopic (exact) mass is 368 g/mol. The van der Waals surface area contributed by atoms with Gasteiger partial charge in [-0.05, 0) is 42.3 Å². The van der Waals surface area contributed by atoms with Crippen molar-refractivity contribution in [2.75, 3.05) is 13.7 Å². The lowest BCUT2D eigenvalue weighted by Crippen LogP contribution is -2.39. The van der Waals surface area contributed by atoms with Gasteiger partial charge in [-0.1, -0.05) is 30.3 Å². The van der Waals surface area contributed by atoms with E-state index < -0.39 is 18.1 Å². The Morgan fingerprint density at radius 2 is 1.93 bits per heavy atom. The number of methoxy groups -OCH3 is 1. The topological polar surface area (TPSA) is 94.6 Å². The van der Waals surface area contributed by atoms with Crippen molar-refractivity contribution >= 4 is 16.9 Å². The Labute approximate surface area is 157 Å². The van der Waals surface area contributed by atoms with E-state index in [0.29, 0.717) is 19.4 Å². The minimum atomic E-state index is -0.904. The second-order valence-corrected chi connectivity index (χ2v) is 6.49. The van der Waals surface area contributed by atoms with Crippen molar-refractivity contribution < 1.29 is 19.7 Å². The van der Waals surface area contributed by atoms with E-state index in [-0.39, 0.29) is 0 Å². The Bertz CT molecular complexity index is 889. The number of aromatic nitrogens is 1. The van der Waals surface area contributed by atoms with Crippen LogP contribution in [0.5, 0.6) is 5.75 Å². The van der Waals surface area contributed by atoms with Gasteiger partial charge in [0.25, 0.3) is 0 Å². The van der Waals surface area contributed by atoms with Gasteiger partial charge in [0.15, 0.2) is 0 Å². The van der Waals surface area contributed by atoms with Crippen molar-refractivity contribution in [3.8, 4) is 5.75 Å². The quantitative estimate of drug-likeness (QED) is 0.466. The summed E-state index contributed by atoms with van der Waals surface area (Å²) in [7, 11) is 1.59. The van der Waals surface area contributed by atoms with Gasteiger partial charge in [0.05, 0.1) is 13.2 Å². The Morgan fingerprint density at radius 1 is 1.19 bits per heavy atom. The van der Waals surface area contributed by atoms with Gasteiger partial charge >= 0.3 is 5.97 Å². The van der Waals surface area contributed by atoms with E-state index in [2.05, 4.69) is 10.3 Å². The fourth-order valence-corrected chi connectivity index (χ4v) is 3.15. The van der Waals surface area contributed by atoms with Gasteiger partial charge in [-0.15, -0.1) is 0 Å². The average Bonchev–Trinajstić information content (AvgIpc) is 3.10. The summed E-state index contributed by atoms with van der Waals surface area (Å²) in [5.74, 6) is -0.173. The molecule has 6 nitrogen and oxygen atoms in total. The third-order valence-corrected chi connectivity index (χ3v) is 4.71. The molecule has 0 aliphatic carbocycles. The Kier molecular flexibility index (Phi) is 6.11. The van der Waals surface area contributed by atoms with Gasteiger partial charge in [-0.2, -0.15) is 0 Å². The van der Waals surface area contributed by atoms with Crippen LogP contribution in [-0.2, 0) is 11.2 Å². The van der Waals surface area contributed by atoms with Crippen LogP contribution in [0.25, 0.3) is 10.9 Å². The number of aliphatic hydroxyl groups is 1. The summed E-state index contributed by atoms with van der Waals surface area (Å²) in [5, 5.41) is 23.9. The summed E-state index contributed by atoms with van der Waals surface area (Å²) in [5.41, 5.74) is 2.73. The number of ether oxygens (including phenoxy) is 1. The number of hydrogen-bond donors (Lipinski definition) is 4. The average molecular weight is 368 g/mol. The molecule has 1 aromatic heterocycles. The first-order chi connectivity index (χ1) is 13.1. The standard InChI is InChI=1S/C21H24N2O4/c1-27-16-8-6-14(7-9-16)20(24)10-11-22-19(21(25)26)12-15-13-23-18-5-3-2-4-17(15)18/h2-9,13,19-20,22-24H,10-12H2,1H3,(H,25,26). The van der Waals surface area contributed by atoms with Crippen molar-refractivity contribution in [3.05, 3.63) is 65.9 Å². The molecule has 0 bridgehead atoms. The van der Waals surface area contributed by atoms with Crippen molar-refractivity contribution in [1.29, 1.82) is 0 Å². The first kappa shape index (κ1) is 18.9. The Hall–Kier alpha value is -2.83. The molecule has 4 N–H and O–H groups in total. The van der Waals surface area contributed by atoms with Crippen LogP contribution in [0.1, 0.15) is 23.7 Å². The number of aliphatic hydroxyl groups excluding tert-OH is 1. The molecule has 0 amide bonds. The second kappa shape index (κ2) is 8.70. The molecule has 0 radical (unpaired) electrons. The summed E-state index contributed by atoms with van der Waals surface area (Å²) >= 11 is 0. The lowest BCUT2D eigenvalue weighted by atomic mass is 10.0. The summed E-state index contributed by atoms with van der Waals surface area (Å²) in [6, 6.07) is 14.3. The van der Waals surface area contributed by atoms with Crippen molar-refractivity contribution in [1.82, 2.24) is 10.3 Å². The zero-order chi connectivity index (χ0) is 19.2. The highest BCUT2D eigenvalue weighted by molar-refractivity contribution is 5.84. The van der Waals surface area contributed by atoms with Crippen LogP contribution in [0.3, 0.4) is 0 Å². The minimum Gasteiger partial charge on any atom is -0.497 e. The zero-order valence-electron chi connectivity index (χ0n) is 15.2. The van der Waals surface area contributed by atoms with Gasteiger partial charge in [-0.25, -0.2) is 0 Å². The van der Waals surface area contributed by atoms with Crippen molar-refractivity contribution in [2.45, 2.75) is 25.0 Å². The van der Waals surface area contributed by atoms with E-state index in [4.69, 9.17) is 4.74 Å². The SMILES string of the molecule is COc1ccc(C(O)CCNC(Cc2c[nH]c3ccccc23)C(=O)O)cc1. The maximum atomic E-state index is 11.6. The smallest absolute Gasteiger partial charge is 0.321 e. The second-order valence-electron chi connectivity index (χ2n) is 6.49. The molecule has 0 saturated heterocycles. The molecule has 0 fully saturated rings.